The fraction of sp³-hybridized carbons (Fsp3) is 0.939. The van der Waals surface area contributed by atoms with Gasteiger partial charge < -0.3 is 4.74 Å². The molecule has 8 aliphatic carbocycles. The monoisotopic (exact) mass is 923 g/mol. The van der Waals surface area contributed by atoms with Crippen molar-refractivity contribution < 1.29 is 4.74 Å². The normalized spacial score (nSPS) is 41.1. The summed E-state index contributed by atoms with van der Waals surface area (Å²) >= 11 is 0. The number of unbranched alkanes of at least 4 members (excludes halogenated alkanes) is 6. The molecule has 1 nitrogen and oxygen atoms in total. The van der Waals surface area contributed by atoms with Gasteiger partial charge in [0.25, 0.3) is 0 Å². The van der Waals surface area contributed by atoms with E-state index in [-0.39, 0.29) is 0 Å². The van der Waals surface area contributed by atoms with Crippen LogP contribution in [0.25, 0.3) is 0 Å². The van der Waals surface area contributed by atoms with Crippen LogP contribution >= 0.6 is 0 Å². The Morgan fingerprint density at radius 3 is 1.28 bits per heavy atom. The standard InChI is InChI=1S/C66H114O/c1-47(2)21-19-23-49(5)57-31-33-59-55-29-27-53-45-51(35-39-63(53,7)61(55)37-41-65(57,59)9)25-15-11-13-17-43-67-44-18-14-12-16-26-52-36-40-64(8)54(46-52)28-30-56-60-34-32-58(50(6)24-20-22-48(3)4)66(60,10)42-38-62(56)64/h27-28,47-52,55-62H,11-26,29-46H2,1-10H3/t49-,50-,51?,52?,55?,56?,57-,58-,59?,60?,61?,62?,63+,64+,65-,66-/m1/s1. The minimum atomic E-state index is 0.512. The fourth-order valence-electron chi connectivity index (χ4n) is 20.1. The molecule has 6 fully saturated rings. The average molecular weight is 924 g/mol. The van der Waals surface area contributed by atoms with Gasteiger partial charge in [-0.25, -0.2) is 0 Å². The Labute approximate surface area is 418 Å². The SMILES string of the molecule is CC(C)CCC[C@@H](C)[C@H]1CCC2C3CC=C4CC(CCCCCCOCCCCCCC5CC[C@@]6(C)C(=CCC7C6CC[C@@]6(C)C7CC[C@@H]6[C@H](C)CCCC(C)C)C5)CC[C@]4(C)C3CC[C@@]21C. The van der Waals surface area contributed by atoms with E-state index in [1.807, 2.05) is 11.1 Å². The van der Waals surface area contributed by atoms with Crippen LogP contribution in [0.3, 0.4) is 0 Å². The van der Waals surface area contributed by atoms with Crippen molar-refractivity contribution in [3.05, 3.63) is 23.3 Å². The number of allylic oxidation sites excluding steroid dienone is 4. The molecule has 0 heterocycles. The topological polar surface area (TPSA) is 9.23 Å². The fourth-order valence-corrected chi connectivity index (χ4v) is 20.1. The highest BCUT2D eigenvalue weighted by Gasteiger charge is 2.61. The quantitative estimate of drug-likeness (QED) is 0.0692. The predicted molar refractivity (Wildman–Crippen MR) is 290 cm³/mol. The van der Waals surface area contributed by atoms with Crippen LogP contribution < -0.4 is 0 Å². The molecule has 1 heteroatoms. The highest BCUT2D eigenvalue weighted by molar-refractivity contribution is 5.27. The first kappa shape index (κ1) is 52.8. The Bertz CT molecular complexity index is 1480. The van der Waals surface area contributed by atoms with Gasteiger partial charge in [0.1, 0.15) is 0 Å². The van der Waals surface area contributed by atoms with Crippen LogP contribution in [0.2, 0.25) is 0 Å². The summed E-state index contributed by atoms with van der Waals surface area (Å²) in [6, 6.07) is 0. The molecule has 384 valence electrons. The number of hydrogen-bond acceptors (Lipinski definition) is 1. The van der Waals surface area contributed by atoms with E-state index in [2.05, 4.69) is 81.4 Å². The van der Waals surface area contributed by atoms with E-state index in [9.17, 15) is 0 Å². The van der Waals surface area contributed by atoms with Crippen LogP contribution in [0.4, 0.5) is 0 Å². The third kappa shape index (κ3) is 11.5. The lowest BCUT2D eigenvalue weighted by Crippen LogP contribution is -2.50. The zero-order chi connectivity index (χ0) is 47.4. The van der Waals surface area contributed by atoms with Gasteiger partial charge in [0.15, 0.2) is 0 Å². The van der Waals surface area contributed by atoms with Crippen molar-refractivity contribution >= 4 is 0 Å². The van der Waals surface area contributed by atoms with Crippen molar-refractivity contribution in [3.8, 4) is 0 Å². The summed E-state index contributed by atoms with van der Waals surface area (Å²) in [6.07, 6.45) is 52.1. The molecule has 0 bridgehead atoms. The zero-order valence-corrected chi connectivity index (χ0v) is 46.7. The molecule has 0 radical (unpaired) electrons. The Balaban J connectivity index is 0.653. The van der Waals surface area contributed by atoms with E-state index in [1.165, 1.54) is 205 Å². The summed E-state index contributed by atoms with van der Waals surface area (Å²) < 4.78 is 6.18. The van der Waals surface area contributed by atoms with E-state index >= 15 is 0 Å². The van der Waals surface area contributed by atoms with Crippen molar-refractivity contribution in [3.63, 3.8) is 0 Å². The highest BCUT2D eigenvalue weighted by Crippen LogP contribution is 2.69. The van der Waals surface area contributed by atoms with Gasteiger partial charge in [-0.15, -0.1) is 0 Å². The first-order chi connectivity index (χ1) is 32.2. The van der Waals surface area contributed by atoms with Crippen molar-refractivity contribution in [2.24, 2.45) is 105 Å². The molecule has 0 aliphatic heterocycles. The average Bonchev–Trinajstić information content (AvgIpc) is 3.84. The molecule has 0 N–H and O–H groups in total. The molecule has 67 heavy (non-hydrogen) atoms. The second-order valence-electron chi connectivity index (χ2n) is 28.8. The summed E-state index contributed by atoms with van der Waals surface area (Å²) in [5, 5.41) is 0. The number of rotatable bonds is 24. The Morgan fingerprint density at radius 1 is 0.448 bits per heavy atom. The Hall–Kier alpha value is -0.560. The maximum absolute atomic E-state index is 6.18. The lowest BCUT2D eigenvalue weighted by molar-refractivity contribution is -0.0530. The van der Waals surface area contributed by atoms with E-state index in [4.69, 9.17) is 4.74 Å². The van der Waals surface area contributed by atoms with Crippen LogP contribution in [0.1, 0.15) is 275 Å². The third-order valence-corrected chi connectivity index (χ3v) is 24.1. The van der Waals surface area contributed by atoms with Crippen LogP contribution in [0.5, 0.6) is 0 Å². The van der Waals surface area contributed by atoms with Gasteiger partial charge in [-0.1, -0.05) is 182 Å². The lowest BCUT2D eigenvalue weighted by Gasteiger charge is -2.58. The second-order valence-corrected chi connectivity index (χ2v) is 28.8. The summed E-state index contributed by atoms with van der Waals surface area (Å²) in [4.78, 5) is 0. The van der Waals surface area contributed by atoms with Gasteiger partial charge in [0, 0.05) is 13.2 Å². The second kappa shape index (κ2) is 23.1. The number of fused-ring (bicyclic) bond motifs is 10. The molecule has 8 unspecified atom stereocenters. The minimum absolute atomic E-state index is 0.512. The molecule has 8 aliphatic rings. The zero-order valence-electron chi connectivity index (χ0n) is 46.7. The summed E-state index contributed by atoms with van der Waals surface area (Å²) in [6.45, 7) is 27.9. The van der Waals surface area contributed by atoms with E-state index in [0.29, 0.717) is 21.7 Å². The van der Waals surface area contributed by atoms with E-state index < -0.39 is 0 Å². The van der Waals surface area contributed by atoms with E-state index in [0.717, 1.165) is 96.1 Å². The van der Waals surface area contributed by atoms with Crippen molar-refractivity contribution in [1.29, 1.82) is 0 Å². The summed E-state index contributed by atoms with van der Waals surface area (Å²) in [5.74, 6) is 13.3. The Kier molecular flexibility index (Phi) is 18.2. The van der Waals surface area contributed by atoms with Crippen LogP contribution in [0.15, 0.2) is 23.3 Å². The molecular formula is C66H114O. The number of hydrogen-bond donors (Lipinski definition) is 0. The predicted octanol–water partition coefficient (Wildman–Crippen LogP) is 20.2. The molecule has 8 rings (SSSR count). The van der Waals surface area contributed by atoms with Gasteiger partial charge in [0.2, 0.25) is 0 Å². The van der Waals surface area contributed by atoms with Gasteiger partial charge >= 0.3 is 0 Å². The first-order valence-corrected chi connectivity index (χ1v) is 31.1. The molecule has 0 saturated heterocycles. The van der Waals surface area contributed by atoms with Crippen LogP contribution in [-0.2, 0) is 4.74 Å². The minimum Gasteiger partial charge on any atom is -0.381 e. The lowest BCUT2D eigenvalue weighted by atomic mass is 9.46. The molecule has 0 aromatic heterocycles. The molecule has 0 aromatic rings. The molecule has 0 aromatic carbocycles. The van der Waals surface area contributed by atoms with Crippen molar-refractivity contribution in [2.75, 3.05) is 13.2 Å². The van der Waals surface area contributed by atoms with Crippen molar-refractivity contribution in [2.45, 2.75) is 275 Å². The van der Waals surface area contributed by atoms with E-state index in [1.54, 1.807) is 0 Å². The molecule has 16 atom stereocenters. The first-order valence-electron chi connectivity index (χ1n) is 31.1. The number of ether oxygens (including phenoxy) is 1. The van der Waals surface area contributed by atoms with Crippen LogP contribution in [0, 0.1) is 105 Å². The van der Waals surface area contributed by atoms with Gasteiger partial charge in [0.05, 0.1) is 0 Å². The van der Waals surface area contributed by atoms with Gasteiger partial charge in [-0.05, 0) is 220 Å². The molecule has 0 amide bonds. The molecule has 6 saturated carbocycles. The third-order valence-electron chi connectivity index (χ3n) is 24.1. The van der Waals surface area contributed by atoms with Gasteiger partial charge in [-0.3, -0.25) is 0 Å². The molecular weight excluding hydrogens is 809 g/mol. The van der Waals surface area contributed by atoms with Crippen molar-refractivity contribution in [1.82, 2.24) is 0 Å². The molecule has 0 spiro atoms. The summed E-state index contributed by atoms with van der Waals surface area (Å²) in [7, 11) is 0. The largest absolute Gasteiger partial charge is 0.381 e. The summed E-state index contributed by atoms with van der Waals surface area (Å²) in [5.41, 5.74) is 6.08. The van der Waals surface area contributed by atoms with Gasteiger partial charge in [-0.2, -0.15) is 0 Å². The maximum atomic E-state index is 6.18. The maximum Gasteiger partial charge on any atom is 0.0466 e. The Morgan fingerprint density at radius 2 is 0.866 bits per heavy atom. The van der Waals surface area contributed by atoms with Crippen LogP contribution in [-0.4, -0.2) is 13.2 Å². The smallest absolute Gasteiger partial charge is 0.0466 e. The highest BCUT2D eigenvalue weighted by atomic mass is 16.5.